The number of fused-ring (bicyclic) bond motifs is 2. The molecule has 2 aliphatic rings. The molecule has 2 fully saturated rings. The van der Waals surface area contributed by atoms with Crippen molar-refractivity contribution < 1.29 is 4.74 Å². The maximum Gasteiger partial charge on any atom is 0.0707 e. The lowest BCUT2D eigenvalue weighted by Crippen LogP contribution is -2.48. The minimum atomic E-state index is 0.283. The van der Waals surface area contributed by atoms with Crippen LogP contribution in [0.2, 0.25) is 0 Å². The Morgan fingerprint density at radius 1 is 1.25 bits per heavy atom. The fourth-order valence-electron chi connectivity index (χ4n) is 2.56. The standard InChI is InChI=1S/C13H26N2O/c1-4-13(2,3)14-7-8-15-9-11-5-6-12(10-15)16-11/h11-12,14H,4-10H2,1-3H3. The molecule has 2 bridgehead atoms. The SMILES string of the molecule is CCC(C)(C)NCCN1CC2CCC(C1)O2. The summed E-state index contributed by atoms with van der Waals surface area (Å²) in [6.45, 7) is 11.3. The van der Waals surface area contributed by atoms with E-state index in [0.29, 0.717) is 12.2 Å². The smallest absolute Gasteiger partial charge is 0.0707 e. The Morgan fingerprint density at radius 2 is 1.88 bits per heavy atom. The third-order valence-electron chi connectivity index (χ3n) is 4.03. The molecule has 2 atom stereocenters. The van der Waals surface area contributed by atoms with Crippen LogP contribution in [-0.2, 0) is 4.74 Å². The van der Waals surface area contributed by atoms with Crippen LogP contribution in [0, 0.1) is 0 Å². The minimum absolute atomic E-state index is 0.283. The van der Waals surface area contributed by atoms with Crippen LogP contribution < -0.4 is 5.32 Å². The van der Waals surface area contributed by atoms with Gasteiger partial charge in [-0.3, -0.25) is 4.90 Å². The average molecular weight is 226 g/mol. The van der Waals surface area contributed by atoms with Gasteiger partial charge < -0.3 is 10.1 Å². The van der Waals surface area contributed by atoms with Gasteiger partial charge in [-0.15, -0.1) is 0 Å². The molecule has 2 aliphatic heterocycles. The molecule has 0 aliphatic carbocycles. The van der Waals surface area contributed by atoms with Gasteiger partial charge in [0.2, 0.25) is 0 Å². The first kappa shape index (κ1) is 12.3. The Labute approximate surface area is 99.5 Å². The molecule has 1 N–H and O–H groups in total. The van der Waals surface area contributed by atoms with E-state index in [4.69, 9.17) is 4.74 Å². The number of nitrogens with one attached hydrogen (secondary N) is 1. The highest BCUT2D eigenvalue weighted by atomic mass is 16.5. The quantitative estimate of drug-likeness (QED) is 0.771. The minimum Gasteiger partial charge on any atom is -0.372 e. The van der Waals surface area contributed by atoms with E-state index in [1.165, 1.54) is 25.8 Å². The number of hydrogen-bond acceptors (Lipinski definition) is 3. The van der Waals surface area contributed by atoms with Gasteiger partial charge in [0, 0.05) is 31.7 Å². The molecular formula is C13H26N2O. The van der Waals surface area contributed by atoms with E-state index >= 15 is 0 Å². The van der Waals surface area contributed by atoms with E-state index in [0.717, 1.165) is 19.6 Å². The summed E-state index contributed by atoms with van der Waals surface area (Å²) >= 11 is 0. The first-order valence-electron chi connectivity index (χ1n) is 6.72. The van der Waals surface area contributed by atoms with Crippen molar-refractivity contribution in [3.05, 3.63) is 0 Å². The number of morpholine rings is 1. The molecule has 0 saturated carbocycles. The van der Waals surface area contributed by atoms with Crippen molar-refractivity contribution in [1.82, 2.24) is 10.2 Å². The van der Waals surface area contributed by atoms with Gasteiger partial charge in [0.25, 0.3) is 0 Å². The topological polar surface area (TPSA) is 24.5 Å². The van der Waals surface area contributed by atoms with E-state index < -0.39 is 0 Å². The summed E-state index contributed by atoms with van der Waals surface area (Å²) < 4.78 is 5.83. The van der Waals surface area contributed by atoms with E-state index in [1.807, 2.05) is 0 Å². The molecule has 3 nitrogen and oxygen atoms in total. The van der Waals surface area contributed by atoms with Crippen LogP contribution in [0.3, 0.4) is 0 Å². The number of likely N-dealkylation sites (tertiary alicyclic amines) is 1. The van der Waals surface area contributed by atoms with Gasteiger partial charge in [0.15, 0.2) is 0 Å². The average Bonchev–Trinajstić information content (AvgIpc) is 2.58. The second-order valence-electron chi connectivity index (χ2n) is 5.88. The summed E-state index contributed by atoms with van der Waals surface area (Å²) in [6, 6.07) is 0. The monoisotopic (exact) mass is 226 g/mol. The summed E-state index contributed by atoms with van der Waals surface area (Å²) in [7, 11) is 0. The molecule has 2 heterocycles. The van der Waals surface area contributed by atoms with E-state index in [-0.39, 0.29) is 5.54 Å². The van der Waals surface area contributed by atoms with Crippen molar-refractivity contribution in [2.45, 2.75) is 57.8 Å². The highest BCUT2D eigenvalue weighted by Gasteiger charge is 2.33. The highest BCUT2D eigenvalue weighted by molar-refractivity contribution is 4.85. The van der Waals surface area contributed by atoms with E-state index in [2.05, 4.69) is 31.0 Å². The maximum absolute atomic E-state index is 5.83. The van der Waals surface area contributed by atoms with Crippen molar-refractivity contribution in [3.63, 3.8) is 0 Å². The van der Waals surface area contributed by atoms with Gasteiger partial charge in [-0.1, -0.05) is 6.92 Å². The fraction of sp³-hybridized carbons (Fsp3) is 1.00. The van der Waals surface area contributed by atoms with Crippen molar-refractivity contribution >= 4 is 0 Å². The van der Waals surface area contributed by atoms with Crippen molar-refractivity contribution in [2.24, 2.45) is 0 Å². The summed E-state index contributed by atoms with van der Waals surface area (Å²) in [4.78, 5) is 2.56. The van der Waals surface area contributed by atoms with Crippen molar-refractivity contribution in [2.75, 3.05) is 26.2 Å². The Hall–Kier alpha value is -0.120. The fourth-order valence-corrected chi connectivity index (χ4v) is 2.56. The van der Waals surface area contributed by atoms with Crippen LogP contribution >= 0.6 is 0 Å². The van der Waals surface area contributed by atoms with E-state index in [9.17, 15) is 0 Å². The summed E-state index contributed by atoms with van der Waals surface area (Å²) in [6.07, 6.45) is 4.78. The number of nitrogens with zero attached hydrogens (tertiary/aromatic N) is 1. The predicted molar refractivity (Wildman–Crippen MR) is 66.7 cm³/mol. The lowest BCUT2D eigenvalue weighted by Gasteiger charge is -2.33. The Balaban J connectivity index is 1.67. The molecule has 0 aromatic carbocycles. The largest absolute Gasteiger partial charge is 0.372 e. The molecular weight excluding hydrogens is 200 g/mol. The van der Waals surface area contributed by atoms with Crippen molar-refractivity contribution in [3.8, 4) is 0 Å². The third-order valence-corrected chi connectivity index (χ3v) is 4.03. The zero-order chi connectivity index (χ0) is 11.6. The molecule has 0 spiro atoms. The molecule has 94 valence electrons. The van der Waals surface area contributed by atoms with Gasteiger partial charge in [-0.2, -0.15) is 0 Å². The van der Waals surface area contributed by atoms with Gasteiger partial charge in [0.1, 0.15) is 0 Å². The maximum atomic E-state index is 5.83. The molecule has 2 rings (SSSR count). The van der Waals surface area contributed by atoms with Gasteiger partial charge in [-0.05, 0) is 33.1 Å². The van der Waals surface area contributed by atoms with E-state index in [1.54, 1.807) is 0 Å². The molecule has 16 heavy (non-hydrogen) atoms. The molecule has 0 radical (unpaired) electrons. The zero-order valence-corrected chi connectivity index (χ0v) is 11.0. The first-order chi connectivity index (χ1) is 7.59. The molecule has 2 saturated heterocycles. The van der Waals surface area contributed by atoms with Crippen LogP contribution in [0.1, 0.15) is 40.0 Å². The lowest BCUT2D eigenvalue weighted by molar-refractivity contribution is -0.0380. The molecule has 0 aromatic rings. The molecule has 0 aromatic heterocycles. The summed E-state index contributed by atoms with van der Waals surface area (Å²) in [5.41, 5.74) is 0.283. The summed E-state index contributed by atoms with van der Waals surface area (Å²) in [5.74, 6) is 0. The van der Waals surface area contributed by atoms with Crippen LogP contribution in [0.25, 0.3) is 0 Å². The number of hydrogen-bond donors (Lipinski definition) is 1. The van der Waals surface area contributed by atoms with Gasteiger partial charge in [-0.25, -0.2) is 0 Å². The van der Waals surface area contributed by atoms with Crippen LogP contribution in [-0.4, -0.2) is 48.8 Å². The predicted octanol–water partition coefficient (Wildman–Crippen LogP) is 1.63. The Morgan fingerprint density at radius 3 is 2.44 bits per heavy atom. The number of rotatable bonds is 5. The highest BCUT2D eigenvalue weighted by Crippen LogP contribution is 2.25. The molecule has 3 heteroatoms. The van der Waals surface area contributed by atoms with Gasteiger partial charge >= 0.3 is 0 Å². The van der Waals surface area contributed by atoms with Crippen LogP contribution in [0.15, 0.2) is 0 Å². The second kappa shape index (κ2) is 5.03. The zero-order valence-electron chi connectivity index (χ0n) is 11.0. The first-order valence-corrected chi connectivity index (χ1v) is 6.72. The van der Waals surface area contributed by atoms with Crippen LogP contribution in [0.5, 0.6) is 0 Å². The molecule has 0 amide bonds. The van der Waals surface area contributed by atoms with Crippen molar-refractivity contribution in [1.29, 1.82) is 0 Å². The van der Waals surface area contributed by atoms with Crippen LogP contribution in [0.4, 0.5) is 0 Å². The normalized spacial score (nSPS) is 30.9. The third kappa shape index (κ3) is 3.19. The lowest BCUT2D eigenvalue weighted by atomic mass is 10.0. The Kier molecular flexibility index (Phi) is 3.88. The second-order valence-corrected chi connectivity index (χ2v) is 5.88. The summed E-state index contributed by atoms with van der Waals surface area (Å²) in [5, 5.41) is 3.62. The molecule has 2 unspecified atom stereocenters. The Bertz CT molecular complexity index is 218. The van der Waals surface area contributed by atoms with Gasteiger partial charge in [0.05, 0.1) is 12.2 Å². The number of ether oxygens (including phenoxy) is 1.